The van der Waals surface area contributed by atoms with E-state index >= 15 is 0 Å². The standard InChI is InChI=1S/C14H16F3NO5S/c1-7-8(2)12-10(9(3)11(7)18-19)5-13(4,23-12)6-22-24(20,21)14(15,16)17/h5-6H2,1-4H3. The summed E-state index contributed by atoms with van der Waals surface area (Å²) in [6.45, 7) is 5.68. The summed E-state index contributed by atoms with van der Waals surface area (Å²) < 4.78 is 69.0. The first-order valence-corrected chi connectivity index (χ1v) is 8.34. The molecule has 0 aliphatic carbocycles. The molecule has 1 heterocycles. The van der Waals surface area contributed by atoms with Crippen molar-refractivity contribution in [3.05, 3.63) is 27.2 Å². The van der Waals surface area contributed by atoms with E-state index in [0.29, 0.717) is 28.0 Å². The summed E-state index contributed by atoms with van der Waals surface area (Å²) in [6, 6.07) is 0. The number of alkyl halides is 3. The lowest BCUT2D eigenvalue weighted by Crippen LogP contribution is -2.39. The van der Waals surface area contributed by atoms with E-state index in [1.807, 2.05) is 0 Å². The van der Waals surface area contributed by atoms with Crippen molar-refractivity contribution in [3.63, 3.8) is 0 Å². The van der Waals surface area contributed by atoms with Gasteiger partial charge in [-0.15, -0.1) is 4.91 Å². The van der Waals surface area contributed by atoms with E-state index in [1.54, 1.807) is 20.8 Å². The van der Waals surface area contributed by atoms with Crippen LogP contribution in [0.4, 0.5) is 18.9 Å². The molecule has 134 valence electrons. The third kappa shape index (κ3) is 3.00. The average molecular weight is 367 g/mol. The molecule has 0 amide bonds. The van der Waals surface area contributed by atoms with Crippen LogP contribution in [0.25, 0.3) is 0 Å². The highest BCUT2D eigenvalue weighted by molar-refractivity contribution is 7.87. The summed E-state index contributed by atoms with van der Waals surface area (Å²) in [4.78, 5) is 11.0. The van der Waals surface area contributed by atoms with Crippen LogP contribution in [0, 0.1) is 25.7 Å². The summed E-state index contributed by atoms with van der Waals surface area (Å²) in [5, 5.41) is 2.99. The fourth-order valence-electron chi connectivity index (χ4n) is 2.66. The van der Waals surface area contributed by atoms with Crippen molar-refractivity contribution in [2.75, 3.05) is 6.61 Å². The van der Waals surface area contributed by atoms with Gasteiger partial charge in [0.2, 0.25) is 0 Å². The predicted molar refractivity (Wildman–Crippen MR) is 79.8 cm³/mol. The van der Waals surface area contributed by atoms with E-state index in [-0.39, 0.29) is 12.1 Å². The predicted octanol–water partition coefficient (Wildman–Crippen LogP) is 3.57. The largest absolute Gasteiger partial charge is 0.523 e. The SMILES string of the molecule is Cc1c(C)c2c(c(C)c1N=O)CC(C)(COS(=O)(=O)C(F)(F)F)O2. The van der Waals surface area contributed by atoms with Gasteiger partial charge in [-0.3, -0.25) is 4.18 Å². The Morgan fingerprint density at radius 1 is 1.21 bits per heavy atom. The third-order valence-electron chi connectivity index (χ3n) is 4.13. The number of nitrogens with zero attached hydrogens (tertiary/aromatic N) is 1. The molecule has 0 aromatic heterocycles. The fourth-order valence-corrected chi connectivity index (χ4v) is 3.20. The van der Waals surface area contributed by atoms with E-state index in [4.69, 9.17) is 4.74 Å². The summed E-state index contributed by atoms with van der Waals surface area (Å²) in [6.07, 6.45) is 0.102. The van der Waals surface area contributed by atoms with Crippen molar-refractivity contribution in [3.8, 4) is 5.75 Å². The molecule has 1 unspecified atom stereocenters. The van der Waals surface area contributed by atoms with Gasteiger partial charge in [-0.05, 0) is 49.6 Å². The van der Waals surface area contributed by atoms with Crippen molar-refractivity contribution < 1.29 is 30.5 Å². The first-order valence-electron chi connectivity index (χ1n) is 6.93. The Balaban J connectivity index is 2.33. The Kier molecular flexibility index (Phi) is 4.43. The zero-order valence-corrected chi connectivity index (χ0v) is 14.3. The highest BCUT2D eigenvalue weighted by Gasteiger charge is 2.49. The maximum atomic E-state index is 12.4. The van der Waals surface area contributed by atoms with Crippen LogP contribution in [0.1, 0.15) is 29.2 Å². The van der Waals surface area contributed by atoms with Gasteiger partial charge in [-0.25, -0.2) is 0 Å². The summed E-state index contributed by atoms with van der Waals surface area (Å²) in [7, 11) is -5.70. The highest BCUT2D eigenvalue weighted by Crippen LogP contribution is 2.45. The lowest BCUT2D eigenvalue weighted by atomic mass is 9.92. The minimum Gasteiger partial charge on any atom is -0.484 e. The van der Waals surface area contributed by atoms with Gasteiger partial charge >= 0.3 is 15.6 Å². The Morgan fingerprint density at radius 2 is 1.79 bits per heavy atom. The van der Waals surface area contributed by atoms with Gasteiger partial charge in [0, 0.05) is 12.0 Å². The smallest absolute Gasteiger partial charge is 0.484 e. The van der Waals surface area contributed by atoms with Crippen LogP contribution in [0.3, 0.4) is 0 Å². The Morgan fingerprint density at radius 3 is 2.29 bits per heavy atom. The molecule has 10 heteroatoms. The quantitative estimate of drug-likeness (QED) is 0.462. The van der Waals surface area contributed by atoms with Gasteiger partial charge in [-0.2, -0.15) is 21.6 Å². The number of hydrogen-bond donors (Lipinski definition) is 0. The zero-order valence-electron chi connectivity index (χ0n) is 13.4. The number of hydrogen-bond acceptors (Lipinski definition) is 6. The number of nitroso groups, excluding NO2 is 1. The Labute approximate surface area is 137 Å². The third-order valence-corrected chi connectivity index (χ3v) is 5.13. The molecule has 1 aliphatic heterocycles. The van der Waals surface area contributed by atoms with Gasteiger partial charge in [0.05, 0.1) is 0 Å². The van der Waals surface area contributed by atoms with Gasteiger partial charge in [0.1, 0.15) is 23.6 Å². The monoisotopic (exact) mass is 367 g/mol. The van der Waals surface area contributed by atoms with Crippen molar-refractivity contribution >= 4 is 15.8 Å². The van der Waals surface area contributed by atoms with Gasteiger partial charge < -0.3 is 4.74 Å². The topological polar surface area (TPSA) is 82.0 Å². The Bertz CT molecular complexity index is 804. The van der Waals surface area contributed by atoms with Crippen LogP contribution >= 0.6 is 0 Å². The molecule has 1 aliphatic rings. The molecular formula is C14H16F3NO5S. The van der Waals surface area contributed by atoms with Gasteiger partial charge in [0.15, 0.2) is 0 Å². The van der Waals surface area contributed by atoms with Crippen LogP contribution in [0.2, 0.25) is 0 Å². The average Bonchev–Trinajstić information content (AvgIpc) is 2.82. The van der Waals surface area contributed by atoms with E-state index < -0.39 is 27.8 Å². The van der Waals surface area contributed by atoms with Gasteiger partial charge in [0.25, 0.3) is 0 Å². The molecule has 0 bridgehead atoms. The number of benzene rings is 1. The minimum atomic E-state index is -5.70. The molecule has 0 N–H and O–H groups in total. The lowest BCUT2D eigenvalue weighted by molar-refractivity contribution is -0.0584. The number of rotatable bonds is 4. The summed E-state index contributed by atoms with van der Waals surface area (Å²) in [5.41, 5.74) is -4.13. The molecule has 0 saturated carbocycles. The minimum absolute atomic E-state index is 0.102. The summed E-state index contributed by atoms with van der Waals surface area (Å²) >= 11 is 0. The summed E-state index contributed by atoms with van der Waals surface area (Å²) in [5.74, 6) is 0.424. The maximum absolute atomic E-state index is 12.4. The molecule has 2 rings (SSSR count). The first-order chi connectivity index (χ1) is 10.8. The van der Waals surface area contributed by atoms with Crippen molar-refractivity contribution in [2.24, 2.45) is 5.18 Å². The maximum Gasteiger partial charge on any atom is 0.523 e. The number of fused-ring (bicyclic) bond motifs is 1. The van der Waals surface area contributed by atoms with E-state index in [1.165, 1.54) is 6.92 Å². The normalized spacial score (nSPS) is 20.6. The lowest BCUT2D eigenvalue weighted by Gasteiger charge is -2.24. The molecule has 0 spiro atoms. The van der Waals surface area contributed by atoms with Crippen LogP contribution in [-0.4, -0.2) is 26.1 Å². The number of halogens is 3. The second-order valence-corrected chi connectivity index (χ2v) is 7.62. The molecule has 1 atom stereocenters. The molecule has 24 heavy (non-hydrogen) atoms. The molecule has 0 radical (unpaired) electrons. The molecule has 6 nitrogen and oxygen atoms in total. The van der Waals surface area contributed by atoms with E-state index in [2.05, 4.69) is 9.36 Å². The molecule has 0 fully saturated rings. The van der Waals surface area contributed by atoms with Gasteiger partial charge in [-0.1, -0.05) is 0 Å². The molecule has 1 aromatic rings. The van der Waals surface area contributed by atoms with E-state index in [0.717, 1.165) is 0 Å². The van der Waals surface area contributed by atoms with Crippen LogP contribution in [0.5, 0.6) is 5.75 Å². The van der Waals surface area contributed by atoms with Crippen molar-refractivity contribution in [2.45, 2.75) is 45.2 Å². The number of ether oxygens (including phenoxy) is 1. The van der Waals surface area contributed by atoms with E-state index in [9.17, 15) is 26.5 Å². The van der Waals surface area contributed by atoms with Crippen LogP contribution in [0.15, 0.2) is 5.18 Å². The van der Waals surface area contributed by atoms with Crippen molar-refractivity contribution in [1.82, 2.24) is 0 Å². The highest BCUT2D eigenvalue weighted by atomic mass is 32.2. The van der Waals surface area contributed by atoms with Crippen LogP contribution < -0.4 is 4.74 Å². The second-order valence-electron chi connectivity index (χ2n) is 6.01. The molecular weight excluding hydrogens is 351 g/mol. The van der Waals surface area contributed by atoms with Crippen LogP contribution in [-0.2, 0) is 20.7 Å². The first kappa shape index (κ1) is 18.7. The fraction of sp³-hybridized carbons (Fsp3) is 0.571. The Hall–Kier alpha value is -1.68. The second kappa shape index (κ2) is 5.69. The molecule has 1 aromatic carbocycles. The van der Waals surface area contributed by atoms with Crippen molar-refractivity contribution in [1.29, 1.82) is 0 Å². The molecule has 0 saturated heterocycles. The zero-order chi connectivity index (χ0) is 18.5.